The zero-order valence-electron chi connectivity index (χ0n) is 34.1. The van der Waals surface area contributed by atoms with Crippen molar-refractivity contribution in [1.29, 1.82) is 0 Å². The second-order valence-corrected chi connectivity index (χ2v) is 15.7. The van der Waals surface area contributed by atoms with E-state index in [1.165, 1.54) is 0 Å². The van der Waals surface area contributed by atoms with E-state index in [0.717, 1.165) is 99.5 Å². The van der Waals surface area contributed by atoms with E-state index in [1.54, 1.807) is 0 Å². The maximum absolute atomic E-state index is 6.70. The Morgan fingerprint density at radius 2 is 1.03 bits per heavy atom. The van der Waals surface area contributed by atoms with Crippen LogP contribution in [0.3, 0.4) is 0 Å². The molecule has 0 fully saturated rings. The number of benzene rings is 8. The SMILES string of the molecule is C=Cc1c(/C=C/c2ccccc2)c2ccccc2n1-c1ccc2oc3ccc4c5cc(-c6nc(-c7ccccc7)nc(-c7ccccc7)n6)ccc5n(-c5ccccc5)c4c3c2c1. The standard InChI is InChI=1S/C57H37N5O/c1-2-48-44(30-27-37-17-7-3-8-18-37)43-25-15-16-26-49(43)61(48)42-29-33-51-47(36-42)53-52(63-51)34-31-45-46-35-40(28-32-50(46)62(54(45)53)41-23-13-6-14-24-41)57-59-55(38-19-9-4-10-20-38)58-56(60-57)39-21-11-5-12-22-39/h2-36H,1H2/b30-27+. The van der Waals surface area contributed by atoms with Crippen LogP contribution in [0.15, 0.2) is 205 Å². The molecule has 12 rings (SSSR count). The second kappa shape index (κ2) is 14.8. The Hall–Kier alpha value is -8.61. The number of nitrogens with zero attached hydrogens (tertiary/aromatic N) is 5. The van der Waals surface area contributed by atoms with Crippen LogP contribution >= 0.6 is 0 Å². The number of furan rings is 1. The minimum absolute atomic E-state index is 0.611. The molecule has 0 aliphatic carbocycles. The van der Waals surface area contributed by atoms with Crippen LogP contribution in [0.25, 0.3) is 118 Å². The summed E-state index contributed by atoms with van der Waals surface area (Å²) >= 11 is 0. The average Bonchev–Trinajstić information content (AvgIpc) is 4.01. The largest absolute Gasteiger partial charge is 0.456 e. The van der Waals surface area contributed by atoms with Crippen LogP contribution in [0, 0.1) is 0 Å². The topological polar surface area (TPSA) is 61.7 Å². The fourth-order valence-corrected chi connectivity index (χ4v) is 9.10. The number of para-hydroxylation sites is 2. The summed E-state index contributed by atoms with van der Waals surface area (Å²) < 4.78 is 11.4. The zero-order valence-corrected chi connectivity index (χ0v) is 34.1. The molecule has 8 aromatic carbocycles. The summed E-state index contributed by atoms with van der Waals surface area (Å²) in [5.41, 5.74) is 13.0. The Balaban J connectivity index is 1.09. The molecule has 12 aromatic rings. The second-order valence-electron chi connectivity index (χ2n) is 15.7. The van der Waals surface area contributed by atoms with Crippen molar-refractivity contribution in [2.24, 2.45) is 0 Å². The van der Waals surface area contributed by atoms with E-state index < -0.39 is 0 Å². The van der Waals surface area contributed by atoms with Gasteiger partial charge in [-0.1, -0.05) is 146 Å². The lowest BCUT2D eigenvalue weighted by Crippen LogP contribution is -2.00. The van der Waals surface area contributed by atoms with Gasteiger partial charge in [-0.2, -0.15) is 0 Å². The number of rotatable bonds is 8. The molecule has 0 saturated heterocycles. The first-order chi connectivity index (χ1) is 31.2. The fraction of sp³-hybridized carbons (Fsp3) is 0. The van der Waals surface area contributed by atoms with E-state index in [2.05, 4.69) is 155 Å². The first kappa shape index (κ1) is 36.3. The lowest BCUT2D eigenvalue weighted by molar-refractivity contribution is 0.669. The van der Waals surface area contributed by atoms with Crippen LogP contribution in [0.2, 0.25) is 0 Å². The molecule has 0 amide bonds. The van der Waals surface area contributed by atoms with Crippen LogP contribution in [0.4, 0.5) is 0 Å². The lowest BCUT2D eigenvalue weighted by Gasteiger charge is -2.11. The fourth-order valence-electron chi connectivity index (χ4n) is 9.10. The molecule has 0 aliphatic rings. The Bertz CT molecular complexity index is 3670. The molecule has 0 unspecified atom stereocenters. The van der Waals surface area contributed by atoms with Crippen LogP contribution in [-0.2, 0) is 0 Å². The van der Waals surface area contributed by atoms with Crippen LogP contribution in [0.1, 0.15) is 16.8 Å². The minimum atomic E-state index is 0.611. The summed E-state index contributed by atoms with van der Waals surface area (Å²) in [6.45, 7) is 4.32. The highest BCUT2D eigenvalue weighted by molar-refractivity contribution is 6.25. The molecule has 0 spiro atoms. The van der Waals surface area contributed by atoms with Gasteiger partial charge in [0.25, 0.3) is 0 Å². The third kappa shape index (κ3) is 6.07. The van der Waals surface area contributed by atoms with Gasteiger partial charge in [-0.25, -0.2) is 15.0 Å². The van der Waals surface area contributed by atoms with Crippen molar-refractivity contribution >= 4 is 72.9 Å². The average molecular weight is 808 g/mol. The summed E-state index contributed by atoms with van der Waals surface area (Å²) in [6.07, 6.45) is 6.33. The van der Waals surface area contributed by atoms with E-state index in [0.29, 0.717) is 17.5 Å². The minimum Gasteiger partial charge on any atom is -0.456 e. The van der Waals surface area contributed by atoms with Gasteiger partial charge in [0, 0.05) is 55.2 Å². The van der Waals surface area contributed by atoms with Crippen LogP contribution < -0.4 is 0 Å². The van der Waals surface area contributed by atoms with E-state index in [9.17, 15) is 0 Å². The molecule has 0 atom stereocenters. The molecule has 4 aromatic heterocycles. The van der Waals surface area contributed by atoms with E-state index >= 15 is 0 Å². The van der Waals surface area contributed by atoms with E-state index in [1.807, 2.05) is 72.8 Å². The predicted molar refractivity (Wildman–Crippen MR) is 260 cm³/mol. The summed E-state index contributed by atoms with van der Waals surface area (Å²) in [7, 11) is 0. The van der Waals surface area contributed by atoms with Gasteiger partial charge in [-0.05, 0) is 78.4 Å². The molecule has 296 valence electrons. The lowest BCUT2D eigenvalue weighted by atomic mass is 10.1. The number of aromatic nitrogens is 5. The quantitative estimate of drug-likeness (QED) is 0.153. The smallest absolute Gasteiger partial charge is 0.164 e. The van der Waals surface area contributed by atoms with Gasteiger partial charge in [-0.3, -0.25) is 0 Å². The van der Waals surface area contributed by atoms with E-state index in [4.69, 9.17) is 19.4 Å². The Labute approximate surface area is 363 Å². The van der Waals surface area contributed by atoms with Gasteiger partial charge in [0.1, 0.15) is 11.2 Å². The van der Waals surface area contributed by atoms with Crippen molar-refractivity contribution in [3.8, 4) is 45.5 Å². The van der Waals surface area contributed by atoms with Crippen molar-refractivity contribution in [2.45, 2.75) is 0 Å². The van der Waals surface area contributed by atoms with Gasteiger partial charge < -0.3 is 13.6 Å². The maximum atomic E-state index is 6.70. The Morgan fingerprint density at radius 1 is 0.429 bits per heavy atom. The summed E-state index contributed by atoms with van der Waals surface area (Å²) in [5, 5.41) is 5.42. The molecule has 6 heteroatoms. The van der Waals surface area contributed by atoms with Gasteiger partial charge in [0.05, 0.1) is 27.6 Å². The maximum Gasteiger partial charge on any atom is 0.164 e. The molecule has 0 N–H and O–H groups in total. The third-order valence-corrected chi connectivity index (χ3v) is 12.0. The van der Waals surface area contributed by atoms with Crippen molar-refractivity contribution in [2.75, 3.05) is 0 Å². The molecule has 4 heterocycles. The highest BCUT2D eigenvalue weighted by Crippen LogP contribution is 2.43. The third-order valence-electron chi connectivity index (χ3n) is 12.0. The molecule has 63 heavy (non-hydrogen) atoms. The zero-order chi connectivity index (χ0) is 41.9. The van der Waals surface area contributed by atoms with Crippen molar-refractivity contribution in [1.82, 2.24) is 24.1 Å². The molecule has 0 aliphatic heterocycles. The molecule has 0 radical (unpaired) electrons. The van der Waals surface area contributed by atoms with Crippen molar-refractivity contribution in [3.63, 3.8) is 0 Å². The summed E-state index contributed by atoms with van der Waals surface area (Å²) in [4.78, 5) is 15.1. The van der Waals surface area contributed by atoms with Gasteiger partial charge in [0.15, 0.2) is 17.5 Å². The Morgan fingerprint density at radius 3 is 1.73 bits per heavy atom. The molecular weight excluding hydrogens is 771 g/mol. The normalized spacial score (nSPS) is 11.8. The highest BCUT2D eigenvalue weighted by Gasteiger charge is 2.22. The van der Waals surface area contributed by atoms with Crippen LogP contribution in [0.5, 0.6) is 0 Å². The van der Waals surface area contributed by atoms with Crippen LogP contribution in [-0.4, -0.2) is 24.1 Å². The molecular formula is C57H37N5O. The summed E-state index contributed by atoms with van der Waals surface area (Å²) in [5.74, 6) is 1.87. The first-order valence-electron chi connectivity index (χ1n) is 21.1. The van der Waals surface area contributed by atoms with Gasteiger partial charge >= 0.3 is 0 Å². The monoisotopic (exact) mass is 807 g/mol. The van der Waals surface area contributed by atoms with E-state index in [-0.39, 0.29) is 0 Å². The molecule has 6 nitrogen and oxygen atoms in total. The van der Waals surface area contributed by atoms with Crippen molar-refractivity contribution in [3.05, 3.63) is 218 Å². The number of hydrogen-bond acceptors (Lipinski definition) is 4. The number of fused-ring (bicyclic) bond motifs is 8. The number of hydrogen-bond donors (Lipinski definition) is 0. The van der Waals surface area contributed by atoms with Gasteiger partial charge in [-0.15, -0.1) is 0 Å². The summed E-state index contributed by atoms with van der Waals surface area (Å²) in [6, 6.07) is 67.1. The molecule has 0 saturated carbocycles. The highest BCUT2D eigenvalue weighted by atomic mass is 16.3. The van der Waals surface area contributed by atoms with Gasteiger partial charge in [0.2, 0.25) is 0 Å². The van der Waals surface area contributed by atoms with Crippen molar-refractivity contribution < 1.29 is 4.42 Å². The Kier molecular flexibility index (Phi) is 8.54. The predicted octanol–water partition coefficient (Wildman–Crippen LogP) is 14.6. The molecule has 0 bridgehead atoms. The first-order valence-corrected chi connectivity index (χ1v) is 21.1.